The van der Waals surface area contributed by atoms with E-state index >= 15 is 0 Å². The molecule has 7 heteroatoms. The van der Waals surface area contributed by atoms with Crippen molar-refractivity contribution in [3.05, 3.63) is 77.5 Å². The zero-order valence-electron chi connectivity index (χ0n) is 18.5. The third kappa shape index (κ3) is 5.17. The number of aromatic nitrogens is 2. The van der Waals surface area contributed by atoms with Gasteiger partial charge in [-0.2, -0.15) is 5.10 Å². The monoisotopic (exact) mass is 432 g/mol. The number of anilines is 1. The number of benzene rings is 2. The van der Waals surface area contributed by atoms with Gasteiger partial charge in [-0.05, 0) is 49.2 Å². The van der Waals surface area contributed by atoms with Gasteiger partial charge in [-0.15, -0.1) is 5.10 Å². The molecule has 2 heterocycles. The summed E-state index contributed by atoms with van der Waals surface area (Å²) in [5.74, 6) is 2.02. The SMILES string of the molecule is COc1cc(C(=O)N2CCCN(c3ccc(C)nn3)CC2)ccc1OCc1ccccc1. The van der Waals surface area contributed by atoms with Gasteiger partial charge >= 0.3 is 0 Å². The molecule has 1 aromatic heterocycles. The third-order valence-electron chi connectivity index (χ3n) is 5.54. The fourth-order valence-electron chi connectivity index (χ4n) is 3.75. The molecular weight excluding hydrogens is 404 g/mol. The average molecular weight is 433 g/mol. The van der Waals surface area contributed by atoms with Crippen LogP contribution >= 0.6 is 0 Å². The number of hydrogen-bond donors (Lipinski definition) is 0. The fourth-order valence-corrected chi connectivity index (χ4v) is 3.75. The Kier molecular flexibility index (Phi) is 6.84. The Morgan fingerprint density at radius 1 is 0.938 bits per heavy atom. The molecule has 1 fully saturated rings. The van der Waals surface area contributed by atoms with E-state index in [4.69, 9.17) is 9.47 Å². The van der Waals surface area contributed by atoms with Crippen LogP contribution in [0.4, 0.5) is 5.82 Å². The molecule has 7 nitrogen and oxygen atoms in total. The first kappa shape index (κ1) is 21.6. The molecule has 1 aliphatic heterocycles. The van der Waals surface area contributed by atoms with Crippen LogP contribution in [0, 0.1) is 6.92 Å². The third-order valence-corrected chi connectivity index (χ3v) is 5.54. The van der Waals surface area contributed by atoms with Gasteiger partial charge in [0.2, 0.25) is 0 Å². The van der Waals surface area contributed by atoms with Crippen molar-refractivity contribution in [2.45, 2.75) is 20.0 Å². The number of aryl methyl sites for hydroxylation is 1. The molecular formula is C25H28N4O3. The van der Waals surface area contributed by atoms with E-state index in [0.29, 0.717) is 36.8 Å². The maximum atomic E-state index is 13.2. The Labute approximate surface area is 188 Å². The van der Waals surface area contributed by atoms with Crippen molar-refractivity contribution in [3.63, 3.8) is 0 Å². The predicted octanol–water partition coefficient (Wildman–Crippen LogP) is 3.73. The lowest BCUT2D eigenvalue weighted by Gasteiger charge is -2.23. The molecule has 0 atom stereocenters. The highest BCUT2D eigenvalue weighted by Gasteiger charge is 2.22. The van der Waals surface area contributed by atoms with Gasteiger partial charge < -0.3 is 19.3 Å². The van der Waals surface area contributed by atoms with Gasteiger partial charge in [0.25, 0.3) is 5.91 Å². The largest absolute Gasteiger partial charge is 0.493 e. The lowest BCUT2D eigenvalue weighted by atomic mass is 10.1. The van der Waals surface area contributed by atoms with Gasteiger partial charge in [0, 0.05) is 31.7 Å². The maximum Gasteiger partial charge on any atom is 0.254 e. The summed E-state index contributed by atoms with van der Waals surface area (Å²) in [4.78, 5) is 17.3. The Bertz CT molecular complexity index is 1040. The minimum Gasteiger partial charge on any atom is -0.493 e. The first-order valence-electron chi connectivity index (χ1n) is 10.8. The van der Waals surface area contributed by atoms with Crippen LogP contribution in [0.15, 0.2) is 60.7 Å². The van der Waals surface area contributed by atoms with E-state index in [9.17, 15) is 4.79 Å². The van der Waals surface area contributed by atoms with Crippen LogP contribution in [-0.2, 0) is 6.61 Å². The van der Waals surface area contributed by atoms with Crippen LogP contribution in [0.25, 0.3) is 0 Å². The molecule has 2 aromatic carbocycles. The van der Waals surface area contributed by atoms with E-state index in [1.54, 1.807) is 25.3 Å². The first-order chi connectivity index (χ1) is 15.6. The highest BCUT2D eigenvalue weighted by Crippen LogP contribution is 2.29. The molecule has 3 aromatic rings. The number of carbonyl (C=O) groups is 1. The van der Waals surface area contributed by atoms with E-state index in [2.05, 4.69) is 15.1 Å². The normalized spacial score (nSPS) is 14.1. The van der Waals surface area contributed by atoms with Crippen LogP contribution in [0.3, 0.4) is 0 Å². The van der Waals surface area contributed by atoms with Crippen LogP contribution in [0.1, 0.15) is 28.0 Å². The summed E-state index contributed by atoms with van der Waals surface area (Å²) in [6.07, 6.45) is 0.872. The Balaban J connectivity index is 1.41. The van der Waals surface area contributed by atoms with Crippen molar-refractivity contribution in [1.29, 1.82) is 0 Å². The molecule has 0 saturated carbocycles. The molecule has 4 rings (SSSR count). The molecule has 1 aliphatic rings. The number of methoxy groups -OCH3 is 1. The molecule has 0 N–H and O–H groups in total. The number of nitrogens with zero attached hydrogens (tertiary/aromatic N) is 4. The predicted molar refractivity (Wildman–Crippen MR) is 123 cm³/mol. The van der Waals surface area contributed by atoms with Crippen molar-refractivity contribution in [2.75, 3.05) is 38.2 Å². The average Bonchev–Trinajstić information content (AvgIpc) is 3.10. The summed E-state index contributed by atoms with van der Waals surface area (Å²) in [6.45, 7) is 5.25. The number of hydrogen-bond acceptors (Lipinski definition) is 6. The zero-order chi connectivity index (χ0) is 22.3. The van der Waals surface area contributed by atoms with Gasteiger partial charge in [-0.1, -0.05) is 30.3 Å². The first-order valence-corrected chi connectivity index (χ1v) is 10.8. The molecule has 1 amide bonds. The van der Waals surface area contributed by atoms with Crippen LogP contribution in [0.2, 0.25) is 0 Å². The Morgan fingerprint density at radius 3 is 2.53 bits per heavy atom. The Hall–Kier alpha value is -3.61. The fraction of sp³-hybridized carbons (Fsp3) is 0.320. The highest BCUT2D eigenvalue weighted by atomic mass is 16.5. The molecule has 0 radical (unpaired) electrons. The quantitative estimate of drug-likeness (QED) is 0.591. The second-order valence-electron chi connectivity index (χ2n) is 7.81. The summed E-state index contributed by atoms with van der Waals surface area (Å²) in [7, 11) is 1.59. The Morgan fingerprint density at radius 2 is 1.78 bits per heavy atom. The van der Waals surface area contributed by atoms with E-state index in [1.807, 2.05) is 54.3 Å². The van der Waals surface area contributed by atoms with Crippen LogP contribution < -0.4 is 14.4 Å². The second kappa shape index (κ2) is 10.1. The number of carbonyl (C=O) groups excluding carboxylic acids is 1. The van der Waals surface area contributed by atoms with Crippen molar-refractivity contribution >= 4 is 11.7 Å². The molecule has 0 bridgehead atoms. The molecule has 0 spiro atoms. The van der Waals surface area contributed by atoms with Crippen LogP contribution in [0.5, 0.6) is 11.5 Å². The van der Waals surface area contributed by atoms with Crippen molar-refractivity contribution in [1.82, 2.24) is 15.1 Å². The smallest absolute Gasteiger partial charge is 0.254 e. The van der Waals surface area contributed by atoms with E-state index in [1.165, 1.54) is 0 Å². The summed E-state index contributed by atoms with van der Waals surface area (Å²) < 4.78 is 11.4. The van der Waals surface area contributed by atoms with E-state index in [-0.39, 0.29) is 5.91 Å². The molecule has 0 unspecified atom stereocenters. The summed E-state index contributed by atoms with van der Waals surface area (Å²) in [5.41, 5.74) is 2.56. The topological polar surface area (TPSA) is 67.8 Å². The lowest BCUT2D eigenvalue weighted by molar-refractivity contribution is 0.0766. The number of amides is 1. The summed E-state index contributed by atoms with van der Waals surface area (Å²) in [5, 5.41) is 8.44. The molecule has 32 heavy (non-hydrogen) atoms. The number of ether oxygens (including phenoxy) is 2. The molecule has 1 saturated heterocycles. The van der Waals surface area contributed by atoms with E-state index < -0.39 is 0 Å². The van der Waals surface area contributed by atoms with Crippen molar-refractivity contribution < 1.29 is 14.3 Å². The van der Waals surface area contributed by atoms with Crippen molar-refractivity contribution in [3.8, 4) is 11.5 Å². The van der Waals surface area contributed by atoms with Gasteiger partial charge in [-0.3, -0.25) is 4.79 Å². The maximum absolute atomic E-state index is 13.2. The number of rotatable bonds is 6. The lowest BCUT2D eigenvalue weighted by Crippen LogP contribution is -2.35. The highest BCUT2D eigenvalue weighted by molar-refractivity contribution is 5.95. The van der Waals surface area contributed by atoms with Gasteiger partial charge in [-0.25, -0.2) is 0 Å². The standard InChI is InChI=1S/C25H28N4O3/c1-19-9-12-24(27-26-19)28-13-6-14-29(16-15-28)25(30)21-10-11-22(23(17-21)31-2)32-18-20-7-4-3-5-8-20/h3-5,7-12,17H,6,13-16,18H2,1-2H3. The minimum absolute atomic E-state index is 0.00486. The van der Waals surface area contributed by atoms with Crippen molar-refractivity contribution in [2.24, 2.45) is 0 Å². The summed E-state index contributed by atoms with van der Waals surface area (Å²) >= 11 is 0. The van der Waals surface area contributed by atoms with Gasteiger partial charge in [0.15, 0.2) is 17.3 Å². The van der Waals surface area contributed by atoms with Crippen LogP contribution in [-0.4, -0.2) is 54.3 Å². The molecule has 166 valence electrons. The summed E-state index contributed by atoms with van der Waals surface area (Å²) in [6, 6.07) is 19.3. The van der Waals surface area contributed by atoms with Gasteiger partial charge in [0.1, 0.15) is 6.61 Å². The second-order valence-corrected chi connectivity index (χ2v) is 7.81. The zero-order valence-corrected chi connectivity index (χ0v) is 18.5. The van der Waals surface area contributed by atoms with E-state index in [0.717, 1.165) is 36.6 Å². The van der Waals surface area contributed by atoms with Gasteiger partial charge in [0.05, 0.1) is 12.8 Å². The minimum atomic E-state index is -0.00486. The molecule has 0 aliphatic carbocycles.